The quantitative estimate of drug-likeness (QED) is 0.619. The average molecular weight is 247 g/mol. The van der Waals surface area contributed by atoms with Crippen molar-refractivity contribution in [1.82, 2.24) is 0 Å². The van der Waals surface area contributed by atoms with E-state index in [1.807, 2.05) is 0 Å². The minimum Gasteiger partial charge on any atom is -0.506 e. The Morgan fingerprint density at radius 2 is 1.82 bits per heavy atom. The maximum Gasteiger partial charge on any atom is 0.200 e. The van der Waals surface area contributed by atoms with Crippen molar-refractivity contribution >= 4 is 33.5 Å². The van der Waals surface area contributed by atoms with Gasteiger partial charge in [0.2, 0.25) is 5.43 Å². The summed E-state index contributed by atoms with van der Waals surface area (Å²) >= 11 is 5.78. The van der Waals surface area contributed by atoms with Crippen molar-refractivity contribution in [2.24, 2.45) is 0 Å². The Morgan fingerprint density at radius 1 is 1.06 bits per heavy atom. The molecule has 0 aliphatic carbocycles. The molecule has 3 rings (SSSR count). The standard InChI is InChI=1S/C13H7ClO3/c14-9-5-8-12(6-10(9)15)17-11-4-2-1-3-7(11)13(8)16/h1-6,15H. The zero-order chi connectivity index (χ0) is 12.0. The van der Waals surface area contributed by atoms with Crippen LogP contribution in [0.5, 0.6) is 5.75 Å². The van der Waals surface area contributed by atoms with Crippen molar-refractivity contribution in [1.29, 1.82) is 0 Å². The Morgan fingerprint density at radius 3 is 2.65 bits per heavy atom. The molecule has 2 aromatic carbocycles. The Balaban J connectivity index is 2.60. The predicted octanol–water partition coefficient (Wildman–Crippen LogP) is 3.31. The fourth-order valence-corrected chi connectivity index (χ4v) is 1.97. The van der Waals surface area contributed by atoms with Gasteiger partial charge in [0.15, 0.2) is 0 Å². The van der Waals surface area contributed by atoms with E-state index in [1.165, 1.54) is 12.1 Å². The minimum atomic E-state index is -0.149. The number of halogens is 1. The smallest absolute Gasteiger partial charge is 0.200 e. The molecule has 1 aromatic heterocycles. The zero-order valence-corrected chi connectivity index (χ0v) is 9.36. The fourth-order valence-electron chi connectivity index (χ4n) is 1.81. The number of phenols is 1. The molecule has 0 aliphatic rings. The molecule has 0 aliphatic heterocycles. The summed E-state index contributed by atoms with van der Waals surface area (Å²) in [5.74, 6) is -0.0994. The maximum atomic E-state index is 12.2. The molecule has 0 fully saturated rings. The molecule has 0 unspecified atom stereocenters. The summed E-state index contributed by atoms with van der Waals surface area (Å²) in [4.78, 5) is 12.2. The second kappa shape index (κ2) is 3.50. The Labute approximate surface area is 101 Å². The zero-order valence-electron chi connectivity index (χ0n) is 8.61. The van der Waals surface area contributed by atoms with Gasteiger partial charge in [0.05, 0.1) is 15.8 Å². The Hall–Kier alpha value is -2.00. The second-order valence-corrected chi connectivity index (χ2v) is 4.13. The van der Waals surface area contributed by atoms with Gasteiger partial charge in [-0.25, -0.2) is 0 Å². The van der Waals surface area contributed by atoms with Crippen LogP contribution >= 0.6 is 11.6 Å². The third-order valence-corrected chi connectivity index (χ3v) is 2.95. The van der Waals surface area contributed by atoms with Crippen LogP contribution < -0.4 is 5.43 Å². The lowest BCUT2D eigenvalue weighted by molar-refractivity contribution is 0.475. The molecule has 0 amide bonds. The number of hydrogen-bond acceptors (Lipinski definition) is 3. The molecular weight excluding hydrogens is 240 g/mol. The van der Waals surface area contributed by atoms with Gasteiger partial charge in [-0.05, 0) is 18.2 Å². The number of benzene rings is 2. The molecule has 0 radical (unpaired) electrons. The Kier molecular flexibility index (Phi) is 2.09. The first-order chi connectivity index (χ1) is 8.16. The van der Waals surface area contributed by atoms with Gasteiger partial charge in [-0.15, -0.1) is 0 Å². The van der Waals surface area contributed by atoms with Crippen molar-refractivity contribution in [3.63, 3.8) is 0 Å². The molecule has 3 nitrogen and oxygen atoms in total. The molecule has 0 spiro atoms. The van der Waals surface area contributed by atoms with Gasteiger partial charge >= 0.3 is 0 Å². The summed E-state index contributed by atoms with van der Waals surface area (Å²) in [5, 5.41) is 10.5. The number of para-hydroxylation sites is 1. The maximum absolute atomic E-state index is 12.2. The monoisotopic (exact) mass is 246 g/mol. The molecule has 1 heterocycles. The first kappa shape index (κ1) is 10.2. The van der Waals surface area contributed by atoms with Crippen LogP contribution in [0.3, 0.4) is 0 Å². The lowest BCUT2D eigenvalue weighted by atomic mass is 10.1. The SMILES string of the molecule is O=c1c2ccccc2oc2cc(O)c(Cl)cc12. The molecule has 1 N–H and O–H groups in total. The van der Waals surface area contributed by atoms with Gasteiger partial charge in [0.25, 0.3) is 0 Å². The van der Waals surface area contributed by atoms with Crippen molar-refractivity contribution in [2.45, 2.75) is 0 Å². The average Bonchev–Trinajstić information content (AvgIpc) is 2.32. The van der Waals surface area contributed by atoms with E-state index in [0.717, 1.165) is 0 Å². The van der Waals surface area contributed by atoms with E-state index in [4.69, 9.17) is 16.0 Å². The van der Waals surface area contributed by atoms with Gasteiger partial charge < -0.3 is 9.52 Å². The van der Waals surface area contributed by atoms with Crippen molar-refractivity contribution in [2.75, 3.05) is 0 Å². The van der Waals surface area contributed by atoms with Gasteiger partial charge in [0.1, 0.15) is 16.9 Å². The number of aromatic hydroxyl groups is 1. The summed E-state index contributed by atoms with van der Waals surface area (Å²) in [6.45, 7) is 0. The molecule has 3 aromatic rings. The third-order valence-electron chi connectivity index (χ3n) is 2.65. The van der Waals surface area contributed by atoms with E-state index < -0.39 is 0 Å². The number of phenolic OH excluding ortho intramolecular Hbond substituents is 1. The largest absolute Gasteiger partial charge is 0.506 e. The lowest BCUT2D eigenvalue weighted by Gasteiger charge is -2.02. The summed E-state index contributed by atoms with van der Waals surface area (Å²) in [7, 11) is 0. The molecular formula is C13H7ClO3. The van der Waals surface area contributed by atoms with E-state index in [9.17, 15) is 9.90 Å². The highest BCUT2D eigenvalue weighted by molar-refractivity contribution is 6.32. The van der Waals surface area contributed by atoms with Crippen molar-refractivity contribution in [3.05, 3.63) is 51.6 Å². The summed E-state index contributed by atoms with van der Waals surface area (Å²) in [5.41, 5.74) is 0.672. The molecule has 84 valence electrons. The van der Waals surface area contributed by atoms with Gasteiger partial charge in [-0.3, -0.25) is 4.79 Å². The van der Waals surface area contributed by atoms with Crippen LogP contribution in [0.15, 0.2) is 45.6 Å². The Bertz CT molecular complexity index is 790. The molecule has 0 saturated heterocycles. The molecule has 0 saturated carbocycles. The molecule has 17 heavy (non-hydrogen) atoms. The highest BCUT2D eigenvalue weighted by atomic mass is 35.5. The molecule has 4 heteroatoms. The number of fused-ring (bicyclic) bond motifs is 2. The highest BCUT2D eigenvalue weighted by Crippen LogP contribution is 2.29. The van der Waals surface area contributed by atoms with Crippen LogP contribution in [0.4, 0.5) is 0 Å². The van der Waals surface area contributed by atoms with Crippen LogP contribution in [0.1, 0.15) is 0 Å². The van der Waals surface area contributed by atoms with E-state index in [1.54, 1.807) is 24.3 Å². The number of hydrogen-bond donors (Lipinski definition) is 1. The van der Waals surface area contributed by atoms with Crippen molar-refractivity contribution < 1.29 is 9.52 Å². The predicted molar refractivity (Wildman–Crippen MR) is 66.7 cm³/mol. The summed E-state index contributed by atoms with van der Waals surface area (Å²) in [6.07, 6.45) is 0. The first-order valence-electron chi connectivity index (χ1n) is 5.01. The van der Waals surface area contributed by atoms with Crippen LogP contribution in [0.2, 0.25) is 5.02 Å². The topological polar surface area (TPSA) is 50.4 Å². The lowest BCUT2D eigenvalue weighted by Crippen LogP contribution is -2.01. The van der Waals surface area contributed by atoms with E-state index in [2.05, 4.69) is 0 Å². The van der Waals surface area contributed by atoms with E-state index in [-0.39, 0.29) is 16.2 Å². The second-order valence-electron chi connectivity index (χ2n) is 3.73. The van der Waals surface area contributed by atoms with Crippen molar-refractivity contribution in [3.8, 4) is 5.75 Å². The summed E-state index contributed by atoms with van der Waals surface area (Å²) in [6, 6.07) is 9.74. The number of rotatable bonds is 0. The van der Waals surface area contributed by atoms with E-state index >= 15 is 0 Å². The summed E-state index contributed by atoms with van der Waals surface area (Å²) < 4.78 is 5.54. The van der Waals surface area contributed by atoms with Gasteiger partial charge in [-0.1, -0.05) is 23.7 Å². The fraction of sp³-hybridized carbons (Fsp3) is 0. The highest BCUT2D eigenvalue weighted by Gasteiger charge is 2.10. The third kappa shape index (κ3) is 1.47. The molecule has 0 atom stereocenters. The van der Waals surface area contributed by atoms with Gasteiger partial charge in [-0.2, -0.15) is 0 Å². The van der Waals surface area contributed by atoms with Crippen LogP contribution in [-0.2, 0) is 0 Å². The van der Waals surface area contributed by atoms with Crippen LogP contribution in [0.25, 0.3) is 21.9 Å². The van der Waals surface area contributed by atoms with Gasteiger partial charge in [0, 0.05) is 6.07 Å². The minimum absolute atomic E-state index is 0.0994. The first-order valence-corrected chi connectivity index (χ1v) is 5.38. The normalized spacial score (nSPS) is 11.1. The van der Waals surface area contributed by atoms with Crippen LogP contribution in [0, 0.1) is 0 Å². The molecule has 0 bridgehead atoms. The van der Waals surface area contributed by atoms with E-state index in [0.29, 0.717) is 21.9 Å². The van der Waals surface area contributed by atoms with Crippen LogP contribution in [-0.4, -0.2) is 5.11 Å².